The number of rotatable bonds is 3. The molecule has 3 rings (SSSR count). The van der Waals surface area contributed by atoms with E-state index in [1.54, 1.807) is 0 Å². The Hall–Kier alpha value is -2.17. The van der Waals surface area contributed by atoms with Crippen molar-refractivity contribution in [3.63, 3.8) is 0 Å². The van der Waals surface area contributed by atoms with Gasteiger partial charge in [-0.25, -0.2) is 0 Å². The number of hydrogen-bond donors (Lipinski definition) is 2. The Morgan fingerprint density at radius 2 is 1.78 bits per heavy atom. The van der Waals surface area contributed by atoms with Crippen molar-refractivity contribution in [3.05, 3.63) is 59.7 Å². The number of nitrogens with zero attached hydrogens (tertiary/aromatic N) is 1. The minimum atomic E-state index is 0.0376. The highest BCUT2D eigenvalue weighted by atomic mass is 16.3. The molecule has 0 unspecified atom stereocenters. The van der Waals surface area contributed by atoms with Gasteiger partial charge in [0.2, 0.25) is 0 Å². The fourth-order valence-corrected chi connectivity index (χ4v) is 2.92. The third-order valence-electron chi connectivity index (χ3n) is 4.41. The zero-order valence-corrected chi connectivity index (χ0v) is 13.1. The first-order valence-electron chi connectivity index (χ1n) is 8.02. The maximum atomic E-state index is 12.6. The number of carbonyl (C=O) groups is 1. The topological polar surface area (TPSA) is 66.6 Å². The van der Waals surface area contributed by atoms with Crippen LogP contribution in [0, 0.1) is 0 Å². The molecule has 1 fully saturated rings. The maximum Gasteiger partial charge on any atom is 0.253 e. The molecule has 1 heterocycles. The summed E-state index contributed by atoms with van der Waals surface area (Å²) in [6, 6.07) is 15.7. The van der Waals surface area contributed by atoms with E-state index in [-0.39, 0.29) is 18.6 Å². The summed E-state index contributed by atoms with van der Waals surface area (Å²) in [7, 11) is 0. The van der Waals surface area contributed by atoms with Crippen molar-refractivity contribution in [1.82, 2.24) is 4.90 Å². The summed E-state index contributed by atoms with van der Waals surface area (Å²) in [5, 5.41) is 9.12. The average molecular weight is 310 g/mol. The second kappa shape index (κ2) is 6.94. The van der Waals surface area contributed by atoms with E-state index in [1.807, 2.05) is 53.4 Å². The Morgan fingerprint density at radius 3 is 2.43 bits per heavy atom. The van der Waals surface area contributed by atoms with Gasteiger partial charge in [-0.15, -0.1) is 0 Å². The zero-order chi connectivity index (χ0) is 16.2. The van der Waals surface area contributed by atoms with Gasteiger partial charge in [0, 0.05) is 24.7 Å². The van der Waals surface area contributed by atoms with Crippen LogP contribution in [0.3, 0.4) is 0 Å². The molecule has 4 heteroatoms. The van der Waals surface area contributed by atoms with Crippen molar-refractivity contribution in [2.24, 2.45) is 5.73 Å². The van der Waals surface area contributed by atoms with Crippen LogP contribution in [0.4, 0.5) is 0 Å². The normalized spacial score (nSPS) is 15.7. The Balaban J connectivity index is 1.80. The Labute approximate surface area is 136 Å². The van der Waals surface area contributed by atoms with Crippen molar-refractivity contribution in [1.29, 1.82) is 0 Å². The summed E-state index contributed by atoms with van der Waals surface area (Å²) in [6.45, 7) is 1.50. The van der Waals surface area contributed by atoms with Gasteiger partial charge in [0.25, 0.3) is 5.91 Å². The fraction of sp³-hybridized carbons (Fsp3) is 0.316. The third kappa shape index (κ3) is 3.60. The largest absolute Gasteiger partial charge is 0.392 e. The molecule has 0 aromatic heterocycles. The molecule has 3 N–H and O–H groups in total. The first-order valence-corrected chi connectivity index (χ1v) is 8.02. The van der Waals surface area contributed by atoms with Crippen LogP contribution >= 0.6 is 0 Å². The van der Waals surface area contributed by atoms with Crippen molar-refractivity contribution < 1.29 is 9.90 Å². The number of likely N-dealkylation sites (tertiary alicyclic amines) is 1. The molecule has 0 atom stereocenters. The summed E-state index contributed by atoms with van der Waals surface area (Å²) < 4.78 is 0. The molecular weight excluding hydrogens is 288 g/mol. The monoisotopic (exact) mass is 310 g/mol. The standard InChI is InChI=1S/C19H22N2O2/c20-18-8-10-21(11-9-18)19(23)17-3-1-2-16(12-17)15-6-4-14(13-22)5-7-15/h1-7,12,18,22H,8-11,13,20H2. The summed E-state index contributed by atoms with van der Waals surface area (Å²) >= 11 is 0. The molecule has 0 aliphatic carbocycles. The van der Waals surface area contributed by atoms with E-state index >= 15 is 0 Å². The van der Waals surface area contributed by atoms with Gasteiger partial charge < -0.3 is 15.7 Å². The zero-order valence-electron chi connectivity index (χ0n) is 13.1. The van der Waals surface area contributed by atoms with Crippen LogP contribution in [0.5, 0.6) is 0 Å². The highest BCUT2D eigenvalue weighted by Gasteiger charge is 2.21. The molecule has 2 aromatic carbocycles. The molecular formula is C19H22N2O2. The van der Waals surface area contributed by atoms with Crippen LogP contribution < -0.4 is 5.73 Å². The smallest absolute Gasteiger partial charge is 0.253 e. The lowest BCUT2D eigenvalue weighted by atomic mass is 10.0. The number of hydrogen-bond acceptors (Lipinski definition) is 3. The van der Waals surface area contributed by atoms with Crippen LogP contribution in [0.25, 0.3) is 11.1 Å². The van der Waals surface area contributed by atoms with Gasteiger partial charge in [-0.1, -0.05) is 36.4 Å². The summed E-state index contributed by atoms with van der Waals surface area (Å²) in [5.74, 6) is 0.0747. The second-order valence-electron chi connectivity index (χ2n) is 6.07. The molecule has 0 radical (unpaired) electrons. The number of nitrogens with two attached hydrogens (primary N) is 1. The van der Waals surface area contributed by atoms with E-state index < -0.39 is 0 Å². The number of piperidine rings is 1. The van der Waals surface area contributed by atoms with Gasteiger partial charge in [-0.05, 0) is 41.7 Å². The van der Waals surface area contributed by atoms with E-state index in [9.17, 15) is 4.79 Å². The lowest BCUT2D eigenvalue weighted by molar-refractivity contribution is 0.0715. The molecule has 4 nitrogen and oxygen atoms in total. The van der Waals surface area contributed by atoms with E-state index in [0.717, 1.165) is 42.6 Å². The van der Waals surface area contributed by atoms with Gasteiger partial charge in [0.15, 0.2) is 0 Å². The van der Waals surface area contributed by atoms with Gasteiger partial charge in [-0.3, -0.25) is 4.79 Å². The maximum absolute atomic E-state index is 12.6. The van der Waals surface area contributed by atoms with Crippen molar-refractivity contribution in [2.75, 3.05) is 13.1 Å². The van der Waals surface area contributed by atoms with Crippen LogP contribution in [0.2, 0.25) is 0 Å². The number of aliphatic hydroxyl groups is 1. The molecule has 1 aliphatic rings. The Bertz CT molecular complexity index is 674. The summed E-state index contributed by atoms with van der Waals surface area (Å²) in [4.78, 5) is 14.5. The highest BCUT2D eigenvalue weighted by Crippen LogP contribution is 2.22. The fourth-order valence-electron chi connectivity index (χ4n) is 2.92. The Morgan fingerprint density at radius 1 is 1.09 bits per heavy atom. The number of benzene rings is 2. The van der Waals surface area contributed by atoms with Crippen molar-refractivity contribution in [3.8, 4) is 11.1 Å². The lowest BCUT2D eigenvalue weighted by Gasteiger charge is -2.30. The van der Waals surface area contributed by atoms with E-state index in [2.05, 4.69) is 0 Å². The predicted octanol–water partition coefficient (Wildman–Crippen LogP) is 2.41. The first-order chi connectivity index (χ1) is 11.2. The number of carbonyl (C=O) groups excluding carboxylic acids is 1. The van der Waals surface area contributed by atoms with Gasteiger partial charge in [0.1, 0.15) is 0 Å². The molecule has 2 aromatic rings. The molecule has 120 valence electrons. The van der Waals surface area contributed by atoms with E-state index in [4.69, 9.17) is 10.8 Å². The quantitative estimate of drug-likeness (QED) is 0.915. The third-order valence-corrected chi connectivity index (χ3v) is 4.41. The van der Waals surface area contributed by atoms with Crippen LogP contribution in [0.15, 0.2) is 48.5 Å². The van der Waals surface area contributed by atoms with Crippen molar-refractivity contribution in [2.45, 2.75) is 25.5 Å². The second-order valence-corrected chi connectivity index (χ2v) is 6.07. The molecule has 0 saturated carbocycles. The number of aliphatic hydroxyl groups excluding tert-OH is 1. The van der Waals surface area contributed by atoms with Gasteiger partial charge >= 0.3 is 0 Å². The molecule has 0 bridgehead atoms. The van der Waals surface area contributed by atoms with Crippen LogP contribution in [-0.4, -0.2) is 35.0 Å². The predicted molar refractivity (Wildman–Crippen MR) is 90.9 cm³/mol. The van der Waals surface area contributed by atoms with Gasteiger partial charge in [0.05, 0.1) is 6.61 Å². The highest BCUT2D eigenvalue weighted by molar-refractivity contribution is 5.95. The van der Waals surface area contributed by atoms with Crippen LogP contribution in [0.1, 0.15) is 28.8 Å². The lowest BCUT2D eigenvalue weighted by Crippen LogP contribution is -2.42. The SMILES string of the molecule is NC1CCN(C(=O)c2cccc(-c3ccc(CO)cc3)c2)CC1. The minimum absolute atomic E-state index is 0.0376. The van der Waals surface area contributed by atoms with E-state index in [1.165, 1.54) is 0 Å². The average Bonchev–Trinajstić information content (AvgIpc) is 2.62. The summed E-state index contributed by atoms with van der Waals surface area (Å²) in [6.07, 6.45) is 1.74. The molecule has 1 amide bonds. The molecule has 23 heavy (non-hydrogen) atoms. The van der Waals surface area contributed by atoms with Crippen LogP contribution in [-0.2, 0) is 6.61 Å². The van der Waals surface area contributed by atoms with Crippen molar-refractivity contribution >= 4 is 5.91 Å². The van der Waals surface area contributed by atoms with E-state index in [0.29, 0.717) is 5.56 Å². The van der Waals surface area contributed by atoms with Gasteiger partial charge in [-0.2, -0.15) is 0 Å². The Kier molecular flexibility index (Phi) is 4.74. The molecule has 0 spiro atoms. The molecule has 1 aliphatic heterocycles. The molecule has 1 saturated heterocycles. The first kappa shape index (κ1) is 15.7. The minimum Gasteiger partial charge on any atom is -0.392 e. The number of amides is 1. The summed E-state index contributed by atoms with van der Waals surface area (Å²) in [5.41, 5.74) is 9.54.